The quantitative estimate of drug-likeness (QED) is 0.588. The predicted octanol–water partition coefficient (Wildman–Crippen LogP) is 0.212. The number of hydrogen-bond donors (Lipinski definition) is 1. The van der Waals surface area contributed by atoms with Crippen LogP contribution in [0.2, 0.25) is 0 Å². The fraction of sp³-hybridized carbons (Fsp3) is 0.833. The van der Waals surface area contributed by atoms with Crippen LogP contribution >= 0.6 is 11.8 Å². The van der Waals surface area contributed by atoms with Crippen molar-refractivity contribution in [2.45, 2.75) is 12.3 Å². The Morgan fingerprint density at radius 3 is 3.20 bits per heavy atom. The summed E-state index contributed by atoms with van der Waals surface area (Å²) in [5.41, 5.74) is 0. The summed E-state index contributed by atoms with van der Waals surface area (Å²) in [6.07, 6.45) is 0. The Bertz CT molecular complexity index is 123. The van der Waals surface area contributed by atoms with E-state index in [0.717, 1.165) is 12.3 Å². The molecule has 1 aliphatic heterocycles. The topological polar surface area (TPSA) is 38.3 Å². The molecule has 0 amide bonds. The molecule has 0 aromatic heterocycles. The van der Waals surface area contributed by atoms with Gasteiger partial charge in [0.2, 0.25) is 0 Å². The highest BCUT2D eigenvalue weighted by Gasteiger charge is 2.23. The van der Waals surface area contributed by atoms with Gasteiger partial charge in [-0.25, -0.2) is 4.79 Å². The third-order valence-electron chi connectivity index (χ3n) is 1.22. The third-order valence-corrected chi connectivity index (χ3v) is 2.35. The zero-order valence-electron chi connectivity index (χ0n) is 5.92. The van der Waals surface area contributed by atoms with Crippen LogP contribution in [0.1, 0.15) is 6.92 Å². The van der Waals surface area contributed by atoms with Crippen molar-refractivity contribution in [3.05, 3.63) is 0 Å². The Kier molecular flexibility index (Phi) is 3.02. The lowest BCUT2D eigenvalue weighted by molar-refractivity contribution is -0.142. The number of carbonyl (C=O) groups excluding carboxylic acids is 1. The molecule has 0 aromatic rings. The average Bonchev–Trinajstić information content (AvgIpc) is 2.38. The van der Waals surface area contributed by atoms with Gasteiger partial charge < -0.3 is 4.74 Å². The van der Waals surface area contributed by atoms with Crippen molar-refractivity contribution >= 4 is 17.7 Å². The fourth-order valence-corrected chi connectivity index (χ4v) is 1.71. The van der Waals surface area contributed by atoms with Gasteiger partial charge in [0.1, 0.15) is 0 Å². The van der Waals surface area contributed by atoms with E-state index in [1.807, 2.05) is 6.92 Å². The van der Waals surface area contributed by atoms with Gasteiger partial charge in [0.15, 0.2) is 5.37 Å². The Balaban J connectivity index is 2.25. The molecule has 58 valence electrons. The SMILES string of the molecule is CCOC(=O)[C@@H]1NCCS1. The summed E-state index contributed by atoms with van der Waals surface area (Å²) in [7, 11) is 0. The van der Waals surface area contributed by atoms with E-state index in [0.29, 0.717) is 6.61 Å². The van der Waals surface area contributed by atoms with Crippen LogP contribution in [0.4, 0.5) is 0 Å². The summed E-state index contributed by atoms with van der Waals surface area (Å²) in [4.78, 5) is 10.9. The smallest absolute Gasteiger partial charge is 0.333 e. The van der Waals surface area contributed by atoms with Crippen LogP contribution in [0.25, 0.3) is 0 Å². The lowest BCUT2D eigenvalue weighted by atomic mass is 10.6. The average molecular weight is 161 g/mol. The Hall–Kier alpha value is -0.220. The molecule has 0 saturated carbocycles. The Morgan fingerprint density at radius 1 is 1.90 bits per heavy atom. The van der Waals surface area contributed by atoms with Crippen molar-refractivity contribution in [2.75, 3.05) is 18.9 Å². The van der Waals surface area contributed by atoms with Crippen molar-refractivity contribution in [3.63, 3.8) is 0 Å². The van der Waals surface area contributed by atoms with Gasteiger partial charge >= 0.3 is 5.97 Å². The first-order valence-electron chi connectivity index (χ1n) is 3.36. The highest BCUT2D eigenvalue weighted by molar-refractivity contribution is 8.00. The lowest BCUT2D eigenvalue weighted by Crippen LogP contribution is -2.30. The van der Waals surface area contributed by atoms with Gasteiger partial charge in [-0.3, -0.25) is 5.32 Å². The molecule has 0 spiro atoms. The van der Waals surface area contributed by atoms with Crippen LogP contribution in [-0.2, 0) is 9.53 Å². The molecular weight excluding hydrogens is 150 g/mol. The van der Waals surface area contributed by atoms with E-state index in [4.69, 9.17) is 4.74 Å². The lowest BCUT2D eigenvalue weighted by Gasteiger charge is -2.06. The van der Waals surface area contributed by atoms with Crippen molar-refractivity contribution in [1.29, 1.82) is 0 Å². The monoisotopic (exact) mass is 161 g/mol. The number of carbonyl (C=O) groups is 1. The van der Waals surface area contributed by atoms with Crippen molar-refractivity contribution in [2.24, 2.45) is 0 Å². The number of thioether (sulfide) groups is 1. The van der Waals surface area contributed by atoms with Crippen LogP contribution in [0.15, 0.2) is 0 Å². The molecule has 1 rings (SSSR count). The van der Waals surface area contributed by atoms with E-state index >= 15 is 0 Å². The van der Waals surface area contributed by atoms with Crippen molar-refractivity contribution in [3.8, 4) is 0 Å². The number of ether oxygens (including phenoxy) is 1. The van der Waals surface area contributed by atoms with E-state index in [2.05, 4.69) is 5.32 Å². The molecule has 0 aliphatic carbocycles. The maximum absolute atomic E-state index is 10.9. The maximum Gasteiger partial charge on any atom is 0.333 e. The summed E-state index contributed by atoms with van der Waals surface area (Å²) in [5, 5.41) is 2.92. The van der Waals surface area contributed by atoms with E-state index in [-0.39, 0.29) is 11.3 Å². The van der Waals surface area contributed by atoms with Crippen LogP contribution < -0.4 is 5.32 Å². The molecule has 0 bridgehead atoms. The van der Waals surface area contributed by atoms with Gasteiger partial charge in [0, 0.05) is 12.3 Å². The van der Waals surface area contributed by atoms with Gasteiger partial charge in [0.05, 0.1) is 6.61 Å². The van der Waals surface area contributed by atoms with Crippen LogP contribution in [-0.4, -0.2) is 30.2 Å². The molecule has 0 aromatic carbocycles. The minimum Gasteiger partial charge on any atom is -0.464 e. The fourth-order valence-electron chi connectivity index (χ4n) is 0.795. The standard InChI is InChI=1S/C6H11NO2S/c1-2-9-6(8)5-7-3-4-10-5/h5,7H,2-4H2,1H3/t5-/m1/s1. The predicted molar refractivity (Wildman–Crippen MR) is 40.9 cm³/mol. The second kappa shape index (κ2) is 3.83. The normalized spacial score (nSPS) is 24.7. The Labute approximate surface area is 64.5 Å². The first-order chi connectivity index (χ1) is 4.84. The molecule has 1 fully saturated rings. The van der Waals surface area contributed by atoms with E-state index in [1.54, 1.807) is 11.8 Å². The van der Waals surface area contributed by atoms with E-state index in [9.17, 15) is 4.79 Å². The summed E-state index contributed by atoms with van der Waals surface area (Å²) in [6, 6.07) is 0. The molecule has 0 unspecified atom stereocenters. The molecule has 4 heteroatoms. The van der Waals surface area contributed by atoms with Gasteiger partial charge in [0.25, 0.3) is 0 Å². The molecular formula is C6H11NO2S. The molecule has 0 radical (unpaired) electrons. The first-order valence-corrected chi connectivity index (χ1v) is 4.41. The zero-order valence-corrected chi connectivity index (χ0v) is 6.74. The zero-order chi connectivity index (χ0) is 7.40. The molecule has 1 atom stereocenters. The second-order valence-corrected chi connectivity index (χ2v) is 3.17. The summed E-state index contributed by atoms with van der Waals surface area (Å²) in [5.74, 6) is 0.869. The molecule has 1 aliphatic rings. The van der Waals surface area contributed by atoms with E-state index in [1.165, 1.54) is 0 Å². The van der Waals surface area contributed by atoms with Crippen molar-refractivity contribution in [1.82, 2.24) is 5.32 Å². The summed E-state index contributed by atoms with van der Waals surface area (Å²) >= 11 is 1.60. The van der Waals surface area contributed by atoms with Crippen LogP contribution in [0, 0.1) is 0 Å². The number of hydrogen-bond acceptors (Lipinski definition) is 4. The van der Waals surface area contributed by atoms with Crippen LogP contribution in [0.3, 0.4) is 0 Å². The van der Waals surface area contributed by atoms with Crippen molar-refractivity contribution < 1.29 is 9.53 Å². The molecule has 1 heterocycles. The minimum atomic E-state index is -0.134. The second-order valence-electron chi connectivity index (χ2n) is 1.96. The summed E-state index contributed by atoms with van der Waals surface area (Å²) < 4.78 is 4.80. The highest BCUT2D eigenvalue weighted by Crippen LogP contribution is 2.14. The van der Waals surface area contributed by atoms with Gasteiger partial charge in [-0.05, 0) is 6.92 Å². The van der Waals surface area contributed by atoms with E-state index < -0.39 is 0 Å². The highest BCUT2D eigenvalue weighted by atomic mass is 32.2. The number of nitrogens with one attached hydrogen (secondary N) is 1. The minimum absolute atomic E-state index is 0.111. The van der Waals surface area contributed by atoms with Gasteiger partial charge in [-0.2, -0.15) is 0 Å². The maximum atomic E-state index is 10.9. The molecule has 1 N–H and O–H groups in total. The Morgan fingerprint density at radius 2 is 2.70 bits per heavy atom. The van der Waals surface area contributed by atoms with Crippen LogP contribution in [0.5, 0.6) is 0 Å². The third kappa shape index (κ3) is 1.88. The number of esters is 1. The molecule has 3 nitrogen and oxygen atoms in total. The largest absolute Gasteiger partial charge is 0.464 e. The van der Waals surface area contributed by atoms with Gasteiger partial charge in [-0.1, -0.05) is 0 Å². The number of rotatable bonds is 2. The molecule has 1 saturated heterocycles. The van der Waals surface area contributed by atoms with Gasteiger partial charge in [-0.15, -0.1) is 11.8 Å². The first kappa shape index (κ1) is 7.88. The summed E-state index contributed by atoms with van der Waals surface area (Å²) in [6.45, 7) is 3.20. The molecule has 10 heavy (non-hydrogen) atoms.